The van der Waals surface area contributed by atoms with Crippen LogP contribution >= 0.6 is 11.6 Å². The van der Waals surface area contributed by atoms with Gasteiger partial charge >= 0.3 is 0 Å². The van der Waals surface area contributed by atoms with Crippen LogP contribution < -0.4 is 5.32 Å². The van der Waals surface area contributed by atoms with Crippen molar-refractivity contribution in [3.8, 4) is 0 Å². The van der Waals surface area contributed by atoms with Gasteiger partial charge in [0.15, 0.2) is 0 Å². The van der Waals surface area contributed by atoms with Gasteiger partial charge in [-0.3, -0.25) is 14.5 Å². The van der Waals surface area contributed by atoms with E-state index in [0.717, 1.165) is 0 Å². The molecule has 0 spiro atoms. The highest BCUT2D eigenvalue weighted by Crippen LogP contribution is 2.21. The number of piperazine rings is 1. The van der Waals surface area contributed by atoms with Crippen LogP contribution in [-0.2, 0) is 16.1 Å². The molecular formula is C18H25ClFN3O2. The molecule has 2 amide bonds. The van der Waals surface area contributed by atoms with Gasteiger partial charge in [0.05, 0.1) is 0 Å². The second-order valence-corrected chi connectivity index (χ2v) is 7.13. The number of hydrogen-bond acceptors (Lipinski definition) is 3. The lowest BCUT2D eigenvalue weighted by Crippen LogP contribution is -2.56. The fraction of sp³-hybridized carbons (Fsp3) is 0.556. The monoisotopic (exact) mass is 369 g/mol. The molecule has 138 valence electrons. The summed E-state index contributed by atoms with van der Waals surface area (Å²) >= 11 is 6.08. The van der Waals surface area contributed by atoms with Gasteiger partial charge in [0.25, 0.3) is 0 Å². The van der Waals surface area contributed by atoms with E-state index in [0.29, 0.717) is 43.3 Å². The first kappa shape index (κ1) is 19.7. The van der Waals surface area contributed by atoms with Crippen LogP contribution in [0.2, 0.25) is 5.02 Å². The van der Waals surface area contributed by atoms with Gasteiger partial charge in [-0.25, -0.2) is 4.39 Å². The average molecular weight is 370 g/mol. The lowest BCUT2D eigenvalue weighted by molar-refractivity contribution is -0.138. The van der Waals surface area contributed by atoms with Gasteiger partial charge in [-0.1, -0.05) is 31.5 Å². The van der Waals surface area contributed by atoms with Gasteiger partial charge in [0.1, 0.15) is 11.9 Å². The van der Waals surface area contributed by atoms with Crippen molar-refractivity contribution in [1.29, 1.82) is 0 Å². The Morgan fingerprint density at radius 3 is 2.40 bits per heavy atom. The Hall–Kier alpha value is -1.66. The first-order valence-electron chi connectivity index (χ1n) is 8.50. The molecule has 1 aliphatic rings. The molecule has 0 aromatic heterocycles. The summed E-state index contributed by atoms with van der Waals surface area (Å²) in [5.74, 6) is -0.558. The summed E-state index contributed by atoms with van der Waals surface area (Å²) in [4.78, 5) is 27.8. The Labute approximate surface area is 153 Å². The molecule has 1 saturated heterocycles. The second kappa shape index (κ2) is 8.63. The summed E-state index contributed by atoms with van der Waals surface area (Å²) in [6.07, 6.45) is 0. The zero-order valence-corrected chi connectivity index (χ0v) is 15.6. The highest BCUT2D eigenvalue weighted by Gasteiger charge is 2.30. The van der Waals surface area contributed by atoms with E-state index in [1.54, 1.807) is 17.0 Å². The molecule has 5 nitrogen and oxygen atoms in total. The van der Waals surface area contributed by atoms with Crippen LogP contribution in [0.25, 0.3) is 0 Å². The number of carbonyl (C=O) groups excluding carboxylic acids is 2. The first-order chi connectivity index (χ1) is 11.8. The van der Waals surface area contributed by atoms with Gasteiger partial charge in [-0.2, -0.15) is 0 Å². The van der Waals surface area contributed by atoms with Crippen molar-refractivity contribution in [1.82, 2.24) is 15.1 Å². The molecule has 1 aromatic rings. The minimum atomic E-state index is -0.509. The number of nitrogens with zero attached hydrogens (tertiary/aromatic N) is 2. The number of rotatable bonds is 5. The normalized spacial score (nSPS) is 16.8. The molecule has 0 bridgehead atoms. The van der Waals surface area contributed by atoms with Gasteiger partial charge < -0.3 is 10.2 Å². The van der Waals surface area contributed by atoms with E-state index in [2.05, 4.69) is 10.2 Å². The number of halogens is 2. The maximum absolute atomic E-state index is 13.9. The summed E-state index contributed by atoms with van der Waals surface area (Å²) in [5, 5.41) is 3.15. The van der Waals surface area contributed by atoms with Crippen LogP contribution in [-0.4, -0.2) is 53.8 Å². The highest BCUT2D eigenvalue weighted by atomic mass is 35.5. The van der Waals surface area contributed by atoms with Crippen molar-refractivity contribution in [2.75, 3.05) is 26.2 Å². The topological polar surface area (TPSA) is 52.7 Å². The standard InChI is InChI=1S/C18H25ClFN3O2/c1-12(2)17(21-13(3)24)18(25)23-9-7-22(8-10-23)11-14-15(19)5-4-6-16(14)20/h4-6,12,17H,7-11H2,1-3H3,(H,21,24)/t17-/m0/s1. The molecule has 25 heavy (non-hydrogen) atoms. The molecule has 1 fully saturated rings. The zero-order chi connectivity index (χ0) is 18.6. The third-order valence-corrected chi connectivity index (χ3v) is 4.77. The number of benzene rings is 1. The van der Waals surface area contributed by atoms with Crippen LogP contribution in [0, 0.1) is 11.7 Å². The minimum absolute atomic E-state index is 0.0200. The van der Waals surface area contributed by atoms with Crippen LogP contribution in [0.4, 0.5) is 4.39 Å². The molecule has 2 rings (SSSR count). The fourth-order valence-corrected chi connectivity index (χ4v) is 3.19. The van der Waals surface area contributed by atoms with Crippen molar-refractivity contribution in [2.24, 2.45) is 5.92 Å². The van der Waals surface area contributed by atoms with Crippen LogP contribution in [0.15, 0.2) is 18.2 Å². The summed E-state index contributed by atoms with van der Waals surface area (Å²) in [6.45, 7) is 8.04. The quantitative estimate of drug-likeness (QED) is 0.866. The Kier molecular flexibility index (Phi) is 6.79. The molecule has 0 radical (unpaired) electrons. The predicted molar refractivity (Wildman–Crippen MR) is 95.7 cm³/mol. The maximum atomic E-state index is 13.9. The second-order valence-electron chi connectivity index (χ2n) is 6.72. The van der Waals surface area contributed by atoms with E-state index < -0.39 is 6.04 Å². The van der Waals surface area contributed by atoms with Gasteiger partial charge in [0.2, 0.25) is 11.8 Å². The van der Waals surface area contributed by atoms with E-state index in [9.17, 15) is 14.0 Å². The molecule has 0 aliphatic carbocycles. The SMILES string of the molecule is CC(=O)N[C@H](C(=O)N1CCN(Cc2c(F)cccc2Cl)CC1)C(C)C. The molecule has 0 unspecified atom stereocenters. The molecule has 7 heteroatoms. The number of hydrogen-bond donors (Lipinski definition) is 1. The maximum Gasteiger partial charge on any atom is 0.245 e. The Bertz CT molecular complexity index is 610. The van der Waals surface area contributed by atoms with Crippen molar-refractivity contribution in [3.63, 3.8) is 0 Å². The van der Waals surface area contributed by atoms with E-state index in [1.807, 2.05) is 13.8 Å². The third kappa shape index (κ3) is 5.16. The van der Waals surface area contributed by atoms with Crippen molar-refractivity contribution < 1.29 is 14.0 Å². The average Bonchev–Trinajstić information content (AvgIpc) is 2.56. The number of nitrogens with one attached hydrogen (secondary N) is 1. The molecular weight excluding hydrogens is 345 g/mol. The molecule has 1 aliphatic heterocycles. The molecule has 0 saturated carbocycles. The molecule has 1 atom stereocenters. The van der Waals surface area contributed by atoms with Crippen LogP contribution in [0.1, 0.15) is 26.3 Å². The summed E-state index contributed by atoms with van der Waals surface area (Å²) in [5.41, 5.74) is 0.488. The predicted octanol–water partition coefficient (Wildman–Crippen LogP) is 2.28. The lowest BCUT2D eigenvalue weighted by atomic mass is 10.0. The lowest BCUT2D eigenvalue weighted by Gasteiger charge is -2.37. The van der Waals surface area contributed by atoms with Crippen molar-refractivity contribution in [2.45, 2.75) is 33.4 Å². The molecule has 1 N–H and O–H groups in total. The summed E-state index contributed by atoms with van der Waals surface area (Å²) in [7, 11) is 0. The first-order valence-corrected chi connectivity index (χ1v) is 8.88. The zero-order valence-electron chi connectivity index (χ0n) is 14.9. The van der Waals surface area contributed by atoms with Crippen molar-refractivity contribution >= 4 is 23.4 Å². The largest absolute Gasteiger partial charge is 0.344 e. The van der Waals surface area contributed by atoms with Gasteiger partial charge in [0, 0.05) is 50.2 Å². The van der Waals surface area contributed by atoms with E-state index >= 15 is 0 Å². The van der Waals surface area contributed by atoms with E-state index in [-0.39, 0.29) is 23.5 Å². The van der Waals surface area contributed by atoms with Gasteiger partial charge in [-0.05, 0) is 18.1 Å². The number of amides is 2. The summed E-state index contributed by atoms with van der Waals surface area (Å²) in [6, 6.07) is 4.17. The van der Waals surface area contributed by atoms with E-state index in [4.69, 9.17) is 11.6 Å². The molecule has 1 heterocycles. The smallest absolute Gasteiger partial charge is 0.245 e. The van der Waals surface area contributed by atoms with Crippen LogP contribution in [0.3, 0.4) is 0 Å². The highest BCUT2D eigenvalue weighted by molar-refractivity contribution is 6.31. The summed E-state index contributed by atoms with van der Waals surface area (Å²) < 4.78 is 13.9. The Morgan fingerprint density at radius 1 is 1.24 bits per heavy atom. The Morgan fingerprint density at radius 2 is 1.88 bits per heavy atom. The van der Waals surface area contributed by atoms with E-state index in [1.165, 1.54) is 13.0 Å². The van der Waals surface area contributed by atoms with Crippen LogP contribution in [0.5, 0.6) is 0 Å². The molecule has 1 aromatic carbocycles. The minimum Gasteiger partial charge on any atom is -0.344 e. The third-order valence-electron chi connectivity index (χ3n) is 4.42. The van der Waals surface area contributed by atoms with Crippen molar-refractivity contribution in [3.05, 3.63) is 34.6 Å². The van der Waals surface area contributed by atoms with Gasteiger partial charge in [-0.15, -0.1) is 0 Å². The fourth-order valence-electron chi connectivity index (χ4n) is 2.96. The number of carbonyl (C=O) groups is 2. The Balaban J connectivity index is 1.94.